The van der Waals surface area contributed by atoms with Crippen molar-refractivity contribution in [1.29, 1.82) is 0 Å². The summed E-state index contributed by atoms with van der Waals surface area (Å²) in [5.41, 5.74) is 2.71. The van der Waals surface area contributed by atoms with Crippen molar-refractivity contribution >= 4 is 29.6 Å². The summed E-state index contributed by atoms with van der Waals surface area (Å²) < 4.78 is 19.7. The second-order valence-electron chi connectivity index (χ2n) is 7.72. The summed E-state index contributed by atoms with van der Waals surface area (Å²) in [6, 6.07) is 19.9. The monoisotopic (exact) mass is 459 g/mol. The molecule has 0 radical (unpaired) electrons. The van der Waals surface area contributed by atoms with Crippen LogP contribution in [-0.2, 0) is 16.2 Å². The highest BCUT2D eigenvalue weighted by atomic mass is 19.1. The molecule has 7 nitrogen and oxygen atoms in total. The molecule has 2 N–H and O–H groups in total. The average molecular weight is 459 g/mol. The number of nitrogens with zero attached hydrogens (tertiary/aromatic N) is 1. The summed E-state index contributed by atoms with van der Waals surface area (Å²) in [5.74, 6) is -1.44. The maximum Gasteiger partial charge on any atom is 0.329 e. The van der Waals surface area contributed by atoms with E-state index in [-0.39, 0.29) is 11.4 Å². The number of hydrogen-bond acceptors (Lipinski definition) is 4. The van der Waals surface area contributed by atoms with Crippen molar-refractivity contribution in [3.63, 3.8) is 0 Å². The molecule has 8 heteroatoms. The molecule has 0 unspecified atom stereocenters. The molecule has 0 atom stereocenters. The van der Waals surface area contributed by atoms with Crippen LogP contribution in [0.3, 0.4) is 0 Å². The number of halogens is 1. The number of rotatable bonds is 7. The number of aryl methyl sites for hydroxylation is 1. The van der Waals surface area contributed by atoms with Crippen molar-refractivity contribution in [2.45, 2.75) is 13.5 Å². The fraction of sp³-hybridized carbons (Fsp3) is 0.115. The SMILES string of the molecule is Cc1ccc(COc2ccccc2/C=C2/NC(=O)N(CC(=O)Nc3ccccc3F)C2=O)cc1. The highest BCUT2D eigenvalue weighted by molar-refractivity contribution is 6.16. The Balaban J connectivity index is 1.45. The maximum absolute atomic E-state index is 13.8. The molecule has 4 amide bonds. The van der Waals surface area contributed by atoms with Gasteiger partial charge in [0.05, 0.1) is 5.69 Å². The van der Waals surface area contributed by atoms with E-state index < -0.39 is 30.2 Å². The lowest BCUT2D eigenvalue weighted by Crippen LogP contribution is -2.38. The minimum atomic E-state index is -0.738. The van der Waals surface area contributed by atoms with Crippen molar-refractivity contribution in [2.75, 3.05) is 11.9 Å². The third kappa shape index (κ3) is 5.29. The molecule has 0 aliphatic carbocycles. The zero-order valence-electron chi connectivity index (χ0n) is 18.4. The van der Waals surface area contributed by atoms with E-state index in [0.717, 1.165) is 16.0 Å². The Morgan fingerprint density at radius 3 is 2.50 bits per heavy atom. The van der Waals surface area contributed by atoms with Gasteiger partial charge in [-0.3, -0.25) is 9.59 Å². The second kappa shape index (κ2) is 9.99. The van der Waals surface area contributed by atoms with Crippen LogP contribution in [0.25, 0.3) is 6.08 Å². The molecule has 1 aliphatic rings. The van der Waals surface area contributed by atoms with Crippen molar-refractivity contribution in [3.8, 4) is 5.75 Å². The number of ether oxygens (including phenoxy) is 1. The number of benzene rings is 3. The minimum Gasteiger partial charge on any atom is -0.488 e. The lowest BCUT2D eigenvalue weighted by Gasteiger charge is -2.12. The minimum absolute atomic E-state index is 0.00933. The fourth-order valence-electron chi connectivity index (χ4n) is 3.34. The Morgan fingerprint density at radius 1 is 1.03 bits per heavy atom. The molecule has 0 saturated carbocycles. The molecule has 0 spiro atoms. The lowest BCUT2D eigenvalue weighted by atomic mass is 10.1. The second-order valence-corrected chi connectivity index (χ2v) is 7.72. The highest BCUT2D eigenvalue weighted by Gasteiger charge is 2.35. The van der Waals surface area contributed by atoms with Gasteiger partial charge in [-0.25, -0.2) is 14.1 Å². The van der Waals surface area contributed by atoms with Gasteiger partial charge in [0.15, 0.2) is 0 Å². The van der Waals surface area contributed by atoms with Crippen molar-refractivity contribution in [2.24, 2.45) is 0 Å². The van der Waals surface area contributed by atoms with E-state index in [0.29, 0.717) is 17.9 Å². The molecule has 3 aromatic rings. The first-order valence-electron chi connectivity index (χ1n) is 10.6. The number of para-hydroxylation sites is 2. The van der Waals surface area contributed by atoms with Gasteiger partial charge in [-0.1, -0.05) is 60.2 Å². The number of amides is 4. The van der Waals surface area contributed by atoms with Gasteiger partial charge in [-0.15, -0.1) is 0 Å². The van der Waals surface area contributed by atoms with Crippen LogP contribution >= 0.6 is 0 Å². The largest absolute Gasteiger partial charge is 0.488 e. The highest BCUT2D eigenvalue weighted by Crippen LogP contribution is 2.24. The van der Waals surface area contributed by atoms with Gasteiger partial charge in [-0.05, 0) is 36.8 Å². The van der Waals surface area contributed by atoms with E-state index in [9.17, 15) is 18.8 Å². The Morgan fingerprint density at radius 2 is 1.74 bits per heavy atom. The van der Waals surface area contributed by atoms with Gasteiger partial charge >= 0.3 is 6.03 Å². The quantitative estimate of drug-likeness (QED) is 0.409. The number of carbonyl (C=O) groups is 3. The Bertz CT molecular complexity index is 1270. The molecule has 3 aromatic carbocycles. The van der Waals surface area contributed by atoms with Crippen molar-refractivity contribution in [1.82, 2.24) is 10.2 Å². The van der Waals surface area contributed by atoms with Gasteiger partial charge in [0, 0.05) is 5.56 Å². The molecule has 1 heterocycles. The van der Waals surface area contributed by atoms with Crippen LogP contribution in [0.1, 0.15) is 16.7 Å². The molecule has 0 aromatic heterocycles. The number of nitrogens with one attached hydrogen (secondary N) is 2. The summed E-state index contributed by atoms with van der Waals surface area (Å²) in [4.78, 5) is 38.2. The van der Waals surface area contributed by atoms with Crippen molar-refractivity contribution < 1.29 is 23.5 Å². The third-order valence-corrected chi connectivity index (χ3v) is 5.15. The van der Waals surface area contributed by atoms with Crippen LogP contribution in [0, 0.1) is 12.7 Å². The lowest BCUT2D eigenvalue weighted by molar-refractivity contribution is -0.127. The molecular weight excluding hydrogens is 437 g/mol. The first-order chi connectivity index (χ1) is 16.4. The number of urea groups is 1. The first kappa shape index (κ1) is 22.7. The van der Waals surface area contributed by atoms with Crippen LogP contribution < -0.4 is 15.4 Å². The molecule has 1 fully saturated rings. The van der Waals surface area contributed by atoms with Crippen LogP contribution in [0.15, 0.2) is 78.5 Å². The Labute approximate surface area is 195 Å². The van der Waals surface area contributed by atoms with E-state index in [4.69, 9.17) is 4.74 Å². The van der Waals surface area contributed by atoms with Crippen LogP contribution in [0.5, 0.6) is 5.75 Å². The van der Waals surface area contributed by atoms with Crippen molar-refractivity contribution in [3.05, 3.63) is 101 Å². The molecular formula is C26H22FN3O4. The Kier molecular flexibility index (Phi) is 6.68. The predicted molar refractivity (Wildman–Crippen MR) is 125 cm³/mol. The van der Waals surface area contributed by atoms with Crippen LogP contribution in [-0.4, -0.2) is 29.3 Å². The maximum atomic E-state index is 13.8. The molecule has 4 rings (SSSR count). The smallest absolute Gasteiger partial charge is 0.329 e. The number of carbonyl (C=O) groups excluding carboxylic acids is 3. The third-order valence-electron chi connectivity index (χ3n) is 5.15. The number of imide groups is 1. The molecule has 34 heavy (non-hydrogen) atoms. The number of hydrogen-bond donors (Lipinski definition) is 2. The summed E-state index contributed by atoms with van der Waals surface area (Å²) in [7, 11) is 0. The zero-order chi connectivity index (χ0) is 24.1. The predicted octanol–water partition coefficient (Wildman–Crippen LogP) is 4.24. The van der Waals surface area contributed by atoms with Crippen LogP contribution in [0.4, 0.5) is 14.9 Å². The van der Waals surface area contributed by atoms with E-state index in [2.05, 4.69) is 10.6 Å². The van der Waals surface area contributed by atoms with Crippen LogP contribution in [0.2, 0.25) is 0 Å². The van der Waals surface area contributed by atoms with Gasteiger partial charge in [-0.2, -0.15) is 0 Å². The van der Waals surface area contributed by atoms with E-state index >= 15 is 0 Å². The van der Waals surface area contributed by atoms with E-state index in [1.165, 1.54) is 24.3 Å². The summed E-state index contributed by atoms with van der Waals surface area (Å²) in [5, 5.41) is 4.84. The molecule has 1 aliphatic heterocycles. The zero-order valence-corrected chi connectivity index (χ0v) is 18.4. The molecule has 0 bridgehead atoms. The van der Waals surface area contributed by atoms with E-state index in [1.54, 1.807) is 30.3 Å². The number of anilines is 1. The average Bonchev–Trinajstić information content (AvgIpc) is 3.08. The summed E-state index contributed by atoms with van der Waals surface area (Å²) in [6.45, 7) is 1.79. The summed E-state index contributed by atoms with van der Waals surface area (Å²) >= 11 is 0. The Hall–Kier alpha value is -4.46. The van der Waals surface area contributed by atoms with Gasteiger partial charge in [0.1, 0.15) is 30.4 Å². The molecule has 172 valence electrons. The first-order valence-corrected chi connectivity index (χ1v) is 10.6. The molecule has 1 saturated heterocycles. The standard InChI is InChI=1S/C26H22FN3O4/c1-17-10-12-18(13-11-17)16-34-23-9-5-2-6-19(23)14-22-25(32)30(26(33)29-22)15-24(31)28-21-8-4-3-7-20(21)27/h2-14H,15-16H2,1H3,(H,28,31)(H,29,33)/b22-14+. The van der Waals surface area contributed by atoms with Gasteiger partial charge in [0.25, 0.3) is 5.91 Å². The topological polar surface area (TPSA) is 87.7 Å². The van der Waals surface area contributed by atoms with Gasteiger partial charge in [0.2, 0.25) is 5.91 Å². The summed E-state index contributed by atoms with van der Waals surface area (Å²) in [6.07, 6.45) is 1.50. The normalized spacial score (nSPS) is 14.3. The van der Waals surface area contributed by atoms with Gasteiger partial charge < -0.3 is 15.4 Å². The fourth-order valence-corrected chi connectivity index (χ4v) is 3.34. The van der Waals surface area contributed by atoms with E-state index in [1.807, 2.05) is 31.2 Å².